The third-order valence-corrected chi connectivity index (χ3v) is 3.53. The lowest BCUT2D eigenvalue weighted by Crippen LogP contribution is -2.06. The molecule has 0 fully saturated rings. The van der Waals surface area contributed by atoms with E-state index in [1.807, 2.05) is 24.3 Å². The van der Waals surface area contributed by atoms with Gasteiger partial charge in [0.2, 0.25) is 0 Å². The maximum absolute atomic E-state index is 11.1. The summed E-state index contributed by atoms with van der Waals surface area (Å²) in [6.45, 7) is 3.52. The number of halogens is 1. The lowest BCUT2D eigenvalue weighted by atomic mass is 10.1. The van der Waals surface area contributed by atoms with Crippen molar-refractivity contribution in [2.24, 2.45) is 0 Å². The van der Waals surface area contributed by atoms with Crippen molar-refractivity contribution in [2.75, 3.05) is 0 Å². The third kappa shape index (κ3) is 3.31. The number of alkyl halides is 1. The SMILES string of the molecule is Cc1cnc(COc2ccccc2CCl)c(C)c1[N+](=O)[O-]. The molecule has 0 radical (unpaired) electrons. The van der Waals surface area contributed by atoms with E-state index < -0.39 is 0 Å². The number of aryl methyl sites for hydroxylation is 1. The first kappa shape index (κ1) is 15.3. The molecule has 2 rings (SSSR count). The van der Waals surface area contributed by atoms with Gasteiger partial charge in [-0.25, -0.2) is 0 Å². The van der Waals surface area contributed by atoms with Crippen LogP contribution in [0, 0.1) is 24.0 Å². The zero-order valence-corrected chi connectivity index (χ0v) is 12.6. The molecule has 0 aliphatic rings. The molecule has 6 heteroatoms. The molecule has 0 saturated heterocycles. The Labute approximate surface area is 127 Å². The Hall–Kier alpha value is -2.14. The van der Waals surface area contributed by atoms with Crippen LogP contribution in [0.2, 0.25) is 0 Å². The Morgan fingerprint density at radius 3 is 2.71 bits per heavy atom. The highest BCUT2D eigenvalue weighted by Gasteiger charge is 2.19. The topological polar surface area (TPSA) is 65.3 Å². The fourth-order valence-corrected chi connectivity index (χ4v) is 2.31. The molecule has 0 aliphatic heterocycles. The van der Waals surface area contributed by atoms with E-state index in [2.05, 4.69) is 4.98 Å². The maximum atomic E-state index is 11.1. The van der Waals surface area contributed by atoms with Crippen molar-refractivity contribution < 1.29 is 9.66 Å². The van der Waals surface area contributed by atoms with E-state index in [9.17, 15) is 10.1 Å². The summed E-state index contributed by atoms with van der Waals surface area (Å²) >= 11 is 5.85. The molecular weight excluding hydrogens is 292 g/mol. The molecule has 21 heavy (non-hydrogen) atoms. The summed E-state index contributed by atoms with van der Waals surface area (Å²) in [5.74, 6) is 1.01. The second kappa shape index (κ2) is 6.54. The summed E-state index contributed by atoms with van der Waals surface area (Å²) in [5, 5.41) is 11.1. The number of pyridine rings is 1. The summed E-state index contributed by atoms with van der Waals surface area (Å²) in [7, 11) is 0. The molecule has 1 aromatic heterocycles. The van der Waals surface area contributed by atoms with Gasteiger partial charge in [0.15, 0.2) is 0 Å². The van der Waals surface area contributed by atoms with Gasteiger partial charge in [0.1, 0.15) is 12.4 Å². The number of nitro groups is 1. The Morgan fingerprint density at radius 2 is 2.05 bits per heavy atom. The summed E-state index contributed by atoms with van der Waals surface area (Å²) < 4.78 is 5.70. The van der Waals surface area contributed by atoms with Crippen molar-refractivity contribution in [1.29, 1.82) is 0 Å². The number of nitrogens with zero attached hydrogens (tertiary/aromatic N) is 2. The average Bonchev–Trinajstić information content (AvgIpc) is 2.46. The van der Waals surface area contributed by atoms with Gasteiger partial charge < -0.3 is 4.74 Å². The highest BCUT2D eigenvalue weighted by atomic mass is 35.5. The van der Waals surface area contributed by atoms with Crippen LogP contribution in [0.1, 0.15) is 22.4 Å². The average molecular weight is 307 g/mol. The lowest BCUT2D eigenvalue weighted by molar-refractivity contribution is -0.386. The van der Waals surface area contributed by atoms with E-state index >= 15 is 0 Å². The molecule has 0 saturated carbocycles. The van der Waals surface area contributed by atoms with Gasteiger partial charge in [-0.3, -0.25) is 15.1 Å². The molecule has 0 bridgehead atoms. The minimum absolute atomic E-state index is 0.0919. The van der Waals surface area contributed by atoms with Crippen molar-refractivity contribution in [3.05, 3.63) is 63.0 Å². The first-order chi connectivity index (χ1) is 10.0. The maximum Gasteiger partial charge on any atom is 0.278 e. The van der Waals surface area contributed by atoms with Gasteiger partial charge in [-0.15, -0.1) is 11.6 Å². The first-order valence-electron chi connectivity index (χ1n) is 6.40. The van der Waals surface area contributed by atoms with Gasteiger partial charge in [0, 0.05) is 17.3 Å². The van der Waals surface area contributed by atoms with E-state index in [0.29, 0.717) is 28.5 Å². The number of hydrogen-bond acceptors (Lipinski definition) is 4. The van der Waals surface area contributed by atoms with E-state index in [0.717, 1.165) is 5.56 Å². The molecule has 1 heterocycles. The van der Waals surface area contributed by atoms with Crippen molar-refractivity contribution >= 4 is 17.3 Å². The summed E-state index contributed by atoms with van der Waals surface area (Å²) in [6, 6.07) is 7.42. The van der Waals surface area contributed by atoms with Crippen molar-refractivity contribution in [1.82, 2.24) is 4.98 Å². The fraction of sp³-hybridized carbons (Fsp3) is 0.267. The number of para-hydroxylation sites is 1. The Bertz CT molecular complexity index is 674. The van der Waals surface area contributed by atoms with E-state index in [1.165, 1.54) is 6.20 Å². The van der Waals surface area contributed by atoms with Crippen molar-refractivity contribution in [3.63, 3.8) is 0 Å². The highest BCUT2D eigenvalue weighted by molar-refractivity contribution is 6.17. The summed E-state index contributed by atoms with van der Waals surface area (Å²) in [5.41, 5.74) is 2.59. The smallest absolute Gasteiger partial charge is 0.278 e. The van der Waals surface area contributed by atoms with Gasteiger partial charge >= 0.3 is 0 Å². The van der Waals surface area contributed by atoms with E-state index in [-0.39, 0.29) is 17.2 Å². The molecule has 0 aliphatic carbocycles. The lowest BCUT2D eigenvalue weighted by Gasteiger charge is -2.11. The number of aromatic nitrogens is 1. The number of rotatable bonds is 5. The van der Waals surface area contributed by atoms with Crippen LogP contribution in [-0.4, -0.2) is 9.91 Å². The normalized spacial score (nSPS) is 10.4. The molecular formula is C15H15ClN2O3. The molecule has 0 N–H and O–H groups in total. The largest absolute Gasteiger partial charge is 0.487 e. The molecule has 5 nitrogen and oxygen atoms in total. The van der Waals surface area contributed by atoms with Gasteiger partial charge in [-0.2, -0.15) is 0 Å². The molecule has 2 aromatic rings. The number of benzene rings is 1. The molecule has 0 amide bonds. The van der Waals surface area contributed by atoms with Gasteiger partial charge in [-0.05, 0) is 19.9 Å². The van der Waals surface area contributed by atoms with Gasteiger partial charge in [0.05, 0.1) is 22.1 Å². The molecule has 110 valence electrons. The predicted molar refractivity (Wildman–Crippen MR) is 80.7 cm³/mol. The second-order valence-corrected chi connectivity index (χ2v) is 4.92. The van der Waals surface area contributed by atoms with E-state index in [1.54, 1.807) is 13.8 Å². The van der Waals surface area contributed by atoms with Crippen LogP contribution in [-0.2, 0) is 12.5 Å². The standard InChI is InChI=1S/C15H15ClN2O3/c1-10-8-17-13(11(2)15(10)18(19)20)9-21-14-6-4-3-5-12(14)7-16/h3-6,8H,7,9H2,1-2H3. The molecule has 0 unspecified atom stereocenters. The van der Waals surface area contributed by atoms with Crippen LogP contribution in [0.15, 0.2) is 30.5 Å². The van der Waals surface area contributed by atoms with Crippen LogP contribution >= 0.6 is 11.6 Å². The zero-order chi connectivity index (χ0) is 15.4. The molecule has 0 atom stereocenters. The Balaban J connectivity index is 2.25. The third-order valence-electron chi connectivity index (χ3n) is 3.24. The van der Waals surface area contributed by atoms with Crippen LogP contribution in [0.5, 0.6) is 5.75 Å². The quantitative estimate of drug-likeness (QED) is 0.477. The monoisotopic (exact) mass is 306 g/mol. The zero-order valence-electron chi connectivity index (χ0n) is 11.8. The van der Waals surface area contributed by atoms with Crippen LogP contribution in [0.25, 0.3) is 0 Å². The minimum atomic E-state index is -0.386. The highest BCUT2D eigenvalue weighted by Crippen LogP contribution is 2.26. The predicted octanol–water partition coefficient (Wildman–Crippen LogP) is 3.92. The van der Waals surface area contributed by atoms with Crippen LogP contribution < -0.4 is 4.74 Å². The van der Waals surface area contributed by atoms with Crippen molar-refractivity contribution in [2.45, 2.75) is 26.3 Å². The van der Waals surface area contributed by atoms with Crippen LogP contribution in [0.3, 0.4) is 0 Å². The number of ether oxygens (including phenoxy) is 1. The Kier molecular flexibility index (Phi) is 4.75. The molecule has 1 aromatic carbocycles. The van der Waals surface area contributed by atoms with Crippen LogP contribution in [0.4, 0.5) is 5.69 Å². The summed E-state index contributed by atoms with van der Waals surface area (Å²) in [6.07, 6.45) is 1.50. The van der Waals surface area contributed by atoms with Gasteiger partial charge in [0.25, 0.3) is 5.69 Å². The van der Waals surface area contributed by atoms with Gasteiger partial charge in [-0.1, -0.05) is 18.2 Å². The number of hydrogen-bond donors (Lipinski definition) is 0. The fourth-order valence-electron chi connectivity index (χ4n) is 2.09. The first-order valence-corrected chi connectivity index (χ1v) is 6.94. The minimum Gasteiger partial charge on any atom is -0.487 e. The van der Waals surface area contributed by atoms with Crippen molar-refractivity contribution in [3.8, 4) is 5.75 Å². The van der Waals surface area contributed by atoms with E-state index in [4.69, 9.17) is 16.3 Å². The summed E-state index contributed by atoms with van der Waals surface area (Å²) in [4.78, 5) is 14.9. The Morgan fingerprint density at radius 1 is 1.33 bits per heavy atom. The molecule has 0 spiro atoms. The second-order valence-electron chi connectivity index (χ2n) is 4.65.